The summed E-state index contributed by atoms with van der Waals surface area (Å²) < 4.78 is 5.84. The van der Waals surface area contributed by atoms with Gasteiger partial charge in [-0.25, -0.2) is 0 Å². The van der Waals surface area contributed by atoms with Gasteiger partial charge < -0.3 is 10.1 Å². The maximum absolute atomic E-state index is 5.84. The van der Waals surface area contributed by atoms with Crippen molar-refractivity contribution in [2.75, 3.05) is 13.1 Å². The Bertz CT molecular complexity index is 165. The van der Waals surface area contributed by atoms with E-state index in [0.717, 1.165) is 19.5 Å². The third-order valence-electron chi connectivity index (χ3n) is 2.45. The first kappa shape index (κ1) is 10.7. The molecular formula is C11H21NO. The second-order valence-corrected chi connectivity index (χ2v) is 4.32. The Morgan fingerprint density at radius 3 is 2.92 bits per heavy atom. The van der Waals surface area contributed by atoms with Gasteiger partial charge in [0.15, 0.2) is 0 Å². The van der Waals surface area contributed by atoms with Gasteiger partial charge in [0.25, 0.3) is 0 Å². The molecule has 76 valence electrons. The van der Waals surface area contributed by atoms with Crippen LogP contribution >= 0.6 is 0 Å². The van der Waals surface area contributed by atoms with E-state index in [2.05, 4.69) is 25.7 Å². The van der Waals surface area contributed by atoms with Gasteiger partial charge in [-0.2, -0.15) is 0 Å². The maximum atomic E-state index is 5.84. The van der Waals surface area contributed by atoms with E-state index in [9.17, 15) is 0 Å². The Morgan fingerprint density at radius 2 is 2.38 bits per heavy atom. The van der Waals surface area contributed by atoms with Gasteiger partial charge in [0.1, 0.15) is 0 Å². The molecule has 1 aliphatic heterocycles. The van der Waals surface area contributed by atoms with Crippen LogP contribution in [0.2, 0.25) is 0 Å². The van der Waals surface area contributed by atoms with Crippen LogP contribution in [-0.4, -0.2) is 24.8 Å². The molecule has 1 heterocycles. The molecule has 1 fully saturated rings. The summed E-state index contributed by atoms with van der Waals surface area (Å²) in [6.45, 7) is 10.0. The zero-order chi connectivity index (χ0) is 9.73. The average Bonchev–Trinajstić information content (AvgIpc) is 2.40. The lowest BCUT2D eigenvalue weighted by Gasteiger charge is -2.19. The van der Waals surface area contributed by atoms with Crippen LogP contribution < -0.4 is 5.32 Å². The van der Waals surface area contributed by atoms with Gasteiger partial charge in [-0.1, -0.05) is 6.08 Å². The van der Waals surface area contributed by atoms with E-state index in [1.807, 2.05) is 6.08 Å². The van der Waals surface area contributed by atoms with E-state index in [1.54, 1.807) is 0 Å². The number of hydrogen-bond donors (Lipinski definition) is 1. The van der Waals surface area contributed by atoms with Gasteiger partial charge in [0.2, 0.25) is 0 Å². The predicted molar refractivity (Wildman–Crippen MR) is 55.9 cm³/mol. The summed E-state index contributed by atoms with van der Waals surface area (Å²) in [5, 5.41) is 3.37. The summed E-state index contributed by atoms with van der Waals surface area (Å²) in [6, 6.07) is 0. The van der Waals surface area contributed by atoms with Gasteiger partial charge in [-0.05, 0) is 39.7 Å². The molecule has 2 nitrogen and oxygen atoms in total. The van der Waals surface area contributed by atoms with Crippen LogP contribution in [0.25, 0.3) is 0 Å². The molecule has 1 aliphatic rings. The van der Waals surface area contributed by atoms with Gasteiger partial charge in [0, 0.05) is 6.54 Å². The van der Waals surface area contributed by atoms with Crippen molar-refractivity contribution in [1.29, 1.82) is 0 Å². The molecular weight excluding hydrogens is 162 g/mol. The van der Waals surface area contributed by atoms with Crippen LogP contribution in [0.4, 0.5) is 0 Å². The molecule has 2 heteroatoms. The first-order chi connectivity index (χ1) is 6.14. The van der Waals surface area contributed by atoms with Crippen LogP contribution in [0.3, 0.4) is 0 Å². The lowest BCUT2D eigenvalue weighted by Crippen LogP contribution is -2.29. The molecule has 1 atom stereocenters. The number of ether oxygens (including phenoxy) is 1. The zero-order valence-electron chi connectivity index (χ0n) is 8.81. The molecule has 0 radical (unpaired) electrons. The Labute approximate surface area is 81.4 Å². The van der Waals surface area contributed by atoms with Crippen molar-refractivity contribution >= 4 is 0 Å². The van der Waals surface area contributed by atoms with Crippen LogP contribution in [0, 0.1) is 0 Å². The summed E-state index contributed by atoms with van der Waals surface area (Å²) in [4.78, 5) is 0. The first-order valence-electron chi connectivity index (χ1n) is 5.13. The molecule has 0 amide bonds. The molecule has 13 heavy (non-hydrogen) atoms. The molecule has 1 unspecified atom stereocenters. The summed E-state index contributed by atoms with van der Waals surface area (Å²) in [7, 11) is 0. The number of hydrogen-bond acceptors (Lipinski definition) is 2. The first-order valence-corrected chi connectivity index (χ1v) is 5.13. The zero-order valence-corrected chi connectivity index (χ0v) is 8.81. The van der Waals surface area contributed by atoms with Crippen LogP contribution in [0.15, 0.2) is 12.7 Å². The SMILES string of the molecule is C=CCCNCC1CCC(C)(C)O1. The second kappa shape index (κ2) is 4.77. The van der Waals surface area contributed by atoms with Crippen molar-refractivity contribution in [3.63, 3.8) is 0 Å². The number of nitrogens with one attached hydrogen (secondary N) is 1. The van der Waals surface area contributed by atoms with E-state index in [0.29, 0.717) is 6.10 Å². The van der Waals surface area contributed by atoms with Crippen LogP contribution in [0.1, 0.15) is 33.1 Å². The van der Waals surface area contributed by atoms with E-state index >= 15 is 0 Å². The lowest BCUT2D eigenvalue weighted by molar-refractivity contribution is -0.0140. The van der Waals surface area contributed by atoms with Crippen LogP contribution in [0.5, 0.6) is 0 Å². The minimum absolute atomic E-state index is 0.102. The summed E-state index contributed by atoms with van der Waals surface area (Å²) >= 11 is 0. The minimum atomic E-state index is 0.102. The molecule has 0 aromatic carbocycles. The van der Waals surface area contributed by atoms with Gasteiger partial charge >= 0.3 is 0 Å². The standard InChI is InChI=1S/C11H21NO/c1-4-5-8-12-9-10-6-7-11(2,3)13-10/h4,10,12H,1,5-9H2,2-3H3. The van der Waals surface area contributed by atoms with Gasteiger partial charge in [-0.15, -0.1) is 6.58 Å². The quantitative estimate of drug-likeness (QED) is 0.520. The summed E-state index contributed by atoms with van der Waals surface area (Å²) in [5.74, 6) is 0. The average molecular weight is 183 g/mol. The fourth-order valence-corrected chi connectivity index (χ4v) is 1.69. The second-order valence-electron chi connectivity index (χ2n) is 4.32. The Morgan fingerprint density at radius 1 is 1.62 bits per heavy atom. The normalized spacial score (nSPS) is 26.2. The van der Waals surface area contributed by atoms with Crippen molar-refractivity contribution in [2.45, 2.75) is 44.8 Å². The monoisotopic (exact) mass is 183 g/mol. The van der Waals surface area contributed by atoms with Crippen molar-refractivity contribution in [3.8, 4) is 0 Å². The smallest absolute Gasteiger partial charge is 0.0707 e. The maximum Gasteiger partial charge on any atom is 0.0707 e. The van der Waals surface area contributed by atoms with Crippen LogP contribution in [-0.2, 0) is 4.74 Å². The van der Waals surface area contributed by atoms with Crippen molar-refractivity contribution in [3.05, 3.63) is 12.7 Å². The van der Waals surface area contributed by atoms with E-state index in [-0.39, 0.29) is 5.60 Å². The highest BCUT2D eigenvalue weighted by Gasteiger charge is 2.30. The topological polar surface area (TPSA) is 21.3 Å². The van der Waals surface area contributed by atoms with Crippen molar-refractivity contribution < 1.29 is 4.74 Å². The third-order valence-corrected chi connectivity index (χ3v) is 2.45. The van der Waals surface area contributed by atoms with Crippen molar-refractivity contribution in [1.82, 2.24) is 5.32 Å². The minimum Gasteiger partial charge on any atom is -0.371 e. The molecule has 0 bridgehead atoms. The highest BCUT2D eigenvalue weighted by Crippen LogP contribution is 2.28. The summed E-state index contributed by atoms with van der Waals surface area (Å²) in [5.41, 5.74) is 0.102. The third kappa shape index (κ3) is 3.92. The number of rotatable bonds is 5. The Balaban J connectivity index is 2.07. The molecule has 0 aromatic rings. The van der Waals surface area contributed by atoms with E-state index in [1.165, 1.54) is 12.8 Å². The van der Waals surface area contributed by atoms with E-state index < -0.39 is 0 Å². The molecule has 1 N–H and O–H groups in total. The molecule has 0 saturated carbocycles. The van der Waals surface area contributed by atoms with E-state index in [4.69, 9.17) is 4.74 Å². The lowest BCUT2D eigenvalue weighted by atomic mass is 10.1. The molecule has 0 spiro atoms. The Kier molecular flexibility index (Phi) is 3.94. The Hall–Kier alpha value is -0.340. The highest BCUT2D eigenvalue weighted by atomic mass is 16.5. The molecule has 0 aromatic heterocycles. The fourth-order valence-electron chi connectivity index (χ4n) is 1.69. The molecule has 1 saturated heterocycles. The predicted octanol–water partition coefficient (Wildman–Crippen LogP) is 2.11. The van der Waals surface area contributed by atoms with Gasteiger partial charge in [0.05, 0.1) is 11.7 Å². The van der Waals surface area contributed by atoms with Gasteiger partial charge in [-0.3, -0.25) is 0 Å². The summed E-state index contributed by atoms with van der Waals surface area (Å²) in [6.07, 6.45) is 5.76. The molecule has 1 rings (SSSR count). The molecule has 0 aliphatic carbocycles. The fraction of sp³-hybridized carbons (Fsp3) is 0.818. The van der Waals surface area contributed by atoms with Crippen molar-refractivity contribution in [2.24, 2.45) is 0 Å². The highest BCUT2D eigenvalue weighted by molar-refractivity contribution is 4.82. The largest absolute Gasteiger partial charge is 0.371 e.